The first-order valence-electron chi connectivity index (χ1n) is 10.3. The lowest BCUT2D eigenvalue weighted by Gasteiger charge is -2.36. The fourth-order valence-electron chi connectivity index (χ4n) is 3.87. The molecule has 0 radical (unpaired) electrons. The molecule has 2 fully saturated rings. The Kier molecular flexibility index (Phi) is 7.78. The number of aliphatic imine (C=N–C) groups is 1. The smallest absolute Gasteiger partial charge is 0.205 e. The van der Waals surface area contributed by atoms with Crippen LogP contribution in [0.25, 0.3) is 0 Å². The summed E-state index contributed by atoms with van der Waals surface area (Å²) in [6.45, 7) is 6.79. The first kappa shape index (κ1) is 23.1. The van der Waals surface area contributed by atoms with E-state index < -0.39 is 0 Å². The van der Waals surface area contributed by atoms with Crippen LogP contribution < -0.4 is 15.0 Å². The number of methoxy groups -OCH3 is 1. The van der Waals surface area contributed by atoms with Gasteiger partial charge >= 0.3 is 0 Å². The summed E-state index contributed by atoms with van der Waals surface area (Å²) in [7, 11) is 3.58. The molecular formula is C21H31IN6OS. The Morgan fingerprint density at radius 1 is 1.20 bits per heavy atom. The van der Waals surface area contributed by atoms with Crippen LogP contribution >= 0.6 is 35.5 Å². The quantitative estimate of drug-likeness (QED) is 0.344. The molecule has 1 saturated carbocycles. The van der Waals surface area contributed by atoms with Crippen LogP contribution in [0.15, 0.2) is 29.3 Å². The van der Waals surface area contributed by atoms with Crippen LogP contribution in [0.2, 0.25) is 0 Å². The van der Waals surface area contributed by atoms with Crippen LogP contribution in [0.4, 0.5) is 5.13 Å². The lowest BCUT2D eigenvalue weighted by molar-refractivity contribution is 0.370. The molecule has 1 aliphatic heterocycles. The second-order valence-corrected chi connectivity index (χ2v) is 8.46. The zero-order valence-corrected chi connectivity index (χ0v) is 21.1. The molecule has 4 rings (SSSR count). The molecule has 164 valence electrons. The molecule has 1 N–H and O–H groups in total. The number of hydrogen-bond acceptors (Lipinski definition) is 6. The van der Waals surface area contributed by atoms with Gasteiger partial charge in [0.05, 0.1) is 7.11 Å². The number of rotatable bonds is 6. The third-order valence-corrected chi connectivity index (χ3v) is 6.79. The van der Waals surface area contributed by atoms with Gasteiger partial charge in [-0.15, -0.1) is 24.0 Å². The summed E-state index contributed by atoms with van der Waals surface area (Å²) in [6.07, 6.45) is 3.32. The molecule has 1 aromatic heterocycles. The van der Waals surface area contributed by atoms with Crippen LogP contribution in [0.5, 0.6) is 5.75 Å². The lowest BCUT2D eigenvalue weighted by Crippen LogP contribution is -2.53. The molecule has 0 spiro atoms. The van der Waals surface area contributed by atoms with Crippen molar-refractivity contribution < 1.29 is 4.74 Å². The minimum atomic E-state index is 0. The maximum atomic E-state index is 5.29. The molecule has 0 bridgehead atoms. The molecule has 1 aliphatic carbocycles. The van der Waals surface area contributed by atoms with Crippen molar-refractivity contribution in [2.75, 3.05) is 51.8 Å². The van der Waals surface area contributed by atoms with E-state index in [0.717, 1.165) is 61.8 Å². The number of nitrogens with one attached hydrogen (secondary N) is 1. The number of ether oxygens (including phenoxy) is 1. The molecule has 0 amide bonds. The largest absolute Gasteiger partial charge is 0.497 e. The van der Waals surface area contributed by atoms with Gasteiger partial charge in [-0.2, -0.15) is 4.37 Å². The summed E-state index contributed by atoms with van der Waals surface area (Å²) in [5.41, 5.74) is 1.61. The highest BCUT2D eigenvalue weighted by Gasteiger charge is 2.44. The number of anilines is 1. The van der Waals surface area contributed by atoms with E-state index >= 15 is 0 Å². The van der Waals surface area contributed by atoms with Crippen molar-refractivity contribution in [3.63, 3.8) is 0 Å². The Hall–Kier alpha value is -1.62. The van der Waals surface area contributed by atoms with E-state index in [-0.39, 0.29) is 29.4 Å². The number of nitrogens with zero attached hydrogens (tertiary/aromatic N) is 5. The lowest BCUT2D eigenvalue weighted by atomic mass is 9.96. The summed E-state index contributed by atoms with van der Waals surface area (Å²) < 4.78 is 9.71. The van der Waals surface area contributed by atoms with E-state index in [4.69, 9.17) is 4.74 Å². The topological polar surface area (TPSA) is 65.9 Å². The van der Waals surface area contributed by atoms with Gasteiger partial charge in [-0.25, -0.2) is 4.98 Å². The first-order chi connectivity index (χ1) is 14.2. The van der Waals surface area contributed by atoms with E-state index in [1.165, 1.54) is 29.9 Å². The molecular weight excluding hydrogens is 511 g/mol. The van der Waals surface area contributed by atoms with Crippen molar-refractivity contribution >= 4 is 46.6 Å². The van der Waals surface area contributed by atoms with Crippen molar-refractivity contribution in [3.05, 3.63) is 35.7 Å². The van der Waals surface area contributed by atoms with Gasteiger partial charge in [-0.05, 0) is 30.5 Å². The fourth-order valence-corrected chi connectivity index (χ4v) is 4.67. The predicted molar refractivity (Wildman–Crippen MR) is 134 cm³/mol. The number of hydrogen-bond donors (Lipinski definition) is 1. The SMILES string of the molecule is CCc1nsc(N2CCN(C(=NC)NCC3(c4ccc(OC)cc4)CC3)CC2)n1.I. The number of guanidine groups is 1. The molecule has 0 atom stereocenters. The Labute approximate surface area is 200 Å². The minimum Gasteiger partial charge on any atom is -0.497 e. The summed E-state index contributed by atoms with van der Waals surface area (Å²) in [6, 6.07) is 8.51. The Bertz CT molecular complexity index is 843. The standard InChI is InChI=1S/C21H30N6OS.HI/c1-4-18-24-20(29-25-18)27-13-11-26(12-14-27)19(22-2)23-15-21(9-10-21)16-5-7-17(28-3)8-6-16;/h5-8H,4,9-15H2,1-3H3,(H,22,23);1H. The van der Waals surface area contributed by atoms with Gasteiger partial charge in [0.1, 0.15) is 11.6 Å². The number of piperazine rings is 1. The third-order valence-electron chi connectivity index (χ3n) is 5.98. The van der Waals surface area contributed by atoms with Crippen LogP contribution in [0.1, 0.15) is 31.2 Å². The van der Waals surface area contributed by atoms with E-state index in [9.17, 15) is 0 Å². The molecule has 30 heavy (non-hydrogen) atoms. The zero-order chi connectivity index (χ0) is 20.3. The van der Waals surface area contributed by atoms with Crippen molar-refractivity contribution in [3.8, 4) is 5.75 Å². The normalized spacial score (nSPS) is 18.0. The van der Waals surface area contributed by atoms with Crippen LogP contribution in [0, 0.1) is 0 Å². The average molecular weight is 542 g/mol. The van der Waals surface area contributed by atoms with E-state index in [1.54, 1.807) is 7.11 Å². The number of benzene rings is 1. The van der Waals surface area contributed by atoms with Gasteiger partial charge in [0.2, 0.25) is 5.13 Å². The number of aryl methyl sites for hydroxylation is 1. The van der Waals surface area contributed by atoms with Crippen LogP contribution in [-0.2, 0) is 11.8 Å². The Morgan fingerprint density at radius 2 is 1.90 bits per heavy atom. The molecule has 7 nitrogen and oxygen atoms in total. The van der Waals surface area contributed by atoms with Crippen LogP contribution in [-0.4, -0.2) is 67.1 Å². The van der Waals surface area contributed by atoms with E-state index in [2.05, 4.69) is 60.7 Å². The van der Waals surface area contributed by atoms with Gasteiger partial charge in [0.25, 0.3) is 0 Å². The first-order valence-corrected chi connectivity index (χ1v) is 11.1. The second kappa shape index (κ2) is 10.1. The van der Waals surface area contributed by atoms with Crippen molar-refractivity contribution in [1.82, 2.24) is 19.6 Å². The van der Waals surface area contributed by atoms with E-state index in [1.807, 2.05) is 7.05 Å². The number of halogens is 1. The van der Waals surface area contributed by atoms with E-state index in [0.29, 0.717) is 0 Å². The van der Waals surface area contributed by atoms with Crippen molar-refractivity contribution in [1.29, 1.82) is 0 Å². The molecule has 2 heterocycles. The fraction of sp³-hybridized carbons (Fsp3) is 0.571. The Morgan fingerprint density at radius 3 is 2.43 bits per heavy atom. The average Bonchev–Trinajstić information content (AvgIpc) is 3.41. The van der Waals surface area contributed by atoms with Crippen LogP contribution in [0.3, 0.4) is 0 Å². The summed E-state index contributed by atoms with van der Waals surface area (Å²) in [5.74, 6) is 2.85. The predicted octanol–water partition coefficient (Wildman–Crippen LogP) is 3.16. The highest BCUT2D eigenvalue weighted by Crippen LogP contribution is 2.47. The maximum Gasteiger partial charge on any atom is 0.205 e. The molecule has 1 saturated heterocycles. The molecule has 0 unspecified atom stereocenters. The molecule has 2 aliphatic rings. The number of aromatic nitrogens is 2. The highest BCUT2D eigenvalue weighted by molar-refractivity contribution is 14.0. The Balaban J connectivity index is 0.00000256. The van der Waals surface area contributed by atoms with Gasteiger partial charge in [0.15, 0.2) is 5.96 Å². The summed E-state index contributed by atoms with van der Waals surface area (Å²) in [4.78, 5) is 13.9. The van der Waals surface area contributed by atoms with Gasteiger partial charge < -0.3 is 19.9 Å². The van der Waals surface area contributed by atoms with Gasteiger partial charge in [-0.3, -0.25) is 4.99 Å². The highest BCUT2D eigenvalue weighted by atomic mass is 127. The second-order valence-electron chi connectivity index (χ2n) is 7.73. The van der Waals surface area contributed by atoms with Crippen molar-refractivity contribution in [2.24, 2.45) is 4.99 Å². The van der Waals surface area contributed by atoms with Gasteiger partial charge in [0, 0.05) is 63.1 Å². The monoisotopic (exact) mass is 542 g/mol. The maximum absolute atomic E-state index is 5.29. The minimum absolute atomic E-state index is 0. The summed E-state index contributed by atoms with van der Waals surface area (Å²) >= 11 is 1.51. The molecule has 2 aromatic rings. The molecule has 9 heteroatoms. The summed E-state index contributed by atoms with van der Waals surface area (Å²) in [5, 5.41) is 4.68. The third kappa shape index (κ3) is 4.99. The zero-order valence-electron chi connectivity index (χ0n) is 17.9. The van der Waals surface area contributed by atoms with Crippen molar-refractivity contribution in [2.45, 2.75) is 31.6 Å². The molecule has 1 aromatic carbocycles. The van der Waals surface area contributed by atoms with Gasteiger partial charge in [-0.1, -0.05) is 19.1 Å².